The van der Waals surface area contributed by atoms with Crippen LogP contribution in [0.15, 0.2) is 0 Å². The number of amides is 1. The fraction of sp³-hybridized carbons (Fsp3) is 0.727. The third kappa shape index (κ3) is 3.20. The minimum Gasteiger partial charge on any atom is -0.465 e. The zero-order valence-corrected chi connectivity index (χ0v) is 11.1. The van der Waals surface area contributed by atoms with Crippen molar-refractivity contribution in [3.63, 3.8) is 0 Å². The first-order valence-electron chi connectivity index (χ1n) is 5.31. The number of hydrogen-bond donors (Lipinski definition) is 2. The van der Waals surface area contributed by atoms with Crippen LogP contribution in [-0.4, -0.2) is 43.7 Å². The molecule has 5 nitrogen and oxygen atoms in total. The Balaban J connectivity index is 2.68. The summed E-state index contributed by atoms with van der Waals surface area (Å²) in [6.45, 7) is 6.14. The Morgan fingerprint density at radius 2 is 2.12 bits per heavy atom. The standard InChI is InChI=1S/C11H18N2O3S/c1-5-6-11(7-13(8-11)9(14)15)12-17(16)10(2,3)4/h1,12H,6-8H2,2-4H3,(H,14,15). The van der Waals surface area contributed by atoms with E-state index in [0.29, 0.717) is 6.42 Å². The van der Waals surface area contributed by atoms with Gasteiger partial charge in [-0.3, -0.25) is 0 Å². The van der Waals surface area contributed by atoms with Crippen molar-refractivity contribution >= 4 is 17.1 Å². The highest BCUT2D eigenvalue weighted by molar-refractivity contribution is 7.84. The average Bonchev–Trinajstić information content (AvgIpc) is 2.11. The van der Waals surface area contributed by atoms with E-state index in [1.165, 1.54) is 4.90 Å². The minimum absolute atomic E-state index is 0.286. The van der Waals surface area contributed by atoms with Crippen molar-refractivity contribution in [1.82, 2.24) is 9.62 Å². The lowest BCUT2D eigenvalue weighted by molar-refractivity contribution is 0.0580. The Kier molecular flexibility index (Phi) is 3.84. The number of hydrogen-bond acceptors (Lipinski definition) is 2. The van der Waals surface area contributed by atoms with Crippen LogP contribution in [-0.2, 0) is 11.0 Å². The van der Waals surface area contributed by atoms with Gasteiger partial charge < -0.3 is 10.0 Å². The summed E-state index contributed by atoms with van der Waals surface area (Å²) in [5.74, 6) is 2.51. The molecule has 96 valence electrons. The first kappa shape index (κ1) is 14.0. The second-order valence-electron chi connectivity index (χ2n) is 5.28. The van der Waals surface area contributed by atoms with E-state index in [0.717, 1.165) is 0 Å². The van der Waals surface area contributed by atoms with Crippen LogP contribution in [0.1, 0.15) is 27.2 Å². The van der Waals surface area contributed by atoms with Crippen LogP contribution in [0.3, 0.4) is 0 Å². The van der Waals surface area contributed by atoms with Crippen molar-refractivity contribution in [1.29, 1.82) is 0 Å². The summed E-state index contributed by atoms with van der Waals surface area (Å²) in [5.41, 5.74) is -0.536. The van der Waals surface area contributed by atoms with E-state index in [1.807, 2.05) is 20.8 Å². The predicted octanol–water partition coefficient (Wildman–Crippen LogP) is 0.794. The molecular formula is C11H18N2O3S. The summed E-state index contributed by atoms with van der Waals surface area (Å²) < 4.78 is 14.6. The molecule has 1 heterocycles. The van der Waals surface area contributed by atoms with Crippen molar-refractivity contribution in [3.8, 4) is 12.3 Å². The van der Waals surface area contributed by atoms with Gasteiger partial charge in [-0.15, -0.1) is 12.3 Å². The summed E-state index contributed by atoms with van der Waals surface area (Å²) in [5, 5.41) is 8.80. The van der Waals surface area contributed by atoms with Crippen LogP contribution < -0.4 is 4.72 Å². The van der Waals surface area contributed by atoms with Crippen LogP contribution >= 0.6 is 0 Å². The molecule has 6 heteroatoms. The lowest BCUT2D eigenvalue weighted by Gasteiger charge is -2.48. The molecule has 1 unspecified atom stereocenters. The van der Waals surface area contributed by atoms with Gasteiger partial charge in [0.2, 0.25) is 0 Å². The van der Waals surface area contributed by atoms with Crippen LogP contribution in [0.25, 0.3) is 0 Å². The van der Waals surface area contributed by atoms with Crippen molar-refractivity contribution in [2.24, 2.45) is 0 Å². The maximum atomic E-state index is 12.0. The van der Waals surface area contributed by atoms with Crippen molar-refractivity contribution < 1.29 is 14.1 Å². The number of carboxylic acid groups (broad SMARTS) is 1. The van der Waals surface area contributed by atoms with Gasteiger partial charge in [-0.1, -0.05) is 0 Å². The normalized spacial score (nSPS) is 20.2. The third-order valence-electron chi connectivity index (χ3n) is 2.56. The summed E-state index contributed by atoms with van der Waals surface area (Å²) in [4.78, 5) is 12.0. The van der Waals surface area contributed by atoms with Crippen LogP contribution in [0, 0.1) is 12.3 Å². The zero-order valence-electron chi connectivity index (χ0n) is 10.3. The highest BCUT2D eigenvalue weighted by Gasteiger charge is 2.46. The fourth-order valence-corrected chi connectivity index (χ4v) is 2.48. The van der Waals surface area contributed by atoms with E-state index >= 15 is 0 Å². The zero-order chi connectivity index (χ0) is 13.3. The number of carbonyl (C=O) groups is 1. The summed E-state index contributed by atoms with van der Waals surface area (Å²) in [7, 11) is -1.25. The highest BCUT2D eigenvalue weighted by Crippen LogP contribution is 2.26. The molecule has 0 aromatic rings. The third-order valence-corrected chi connectivity index (χ3v) is 4.29. The van der Waals surface area contributed by atoms with E-state index in [-0.39, 0.29) is 13.1 Å². The molecule has 0 aromatic heterocycles. The van der Waals surface area contributed by atoms with Gasteiger partial charge in [0.15, 0.2) is 0 Å². The molecule has 1 fully saturated rings. The van der Waals surface area contributed by atoms with E-state index in [2.05, 4.69) is 10.6 Å². The fourth-order valence-electron chi connectivity index (χ4n) is 1.58. The lowest BCUT2D eigenvalue weighted by Crippen LogP contribution is -2.71. The Bertz CT molecular complexity index is 375. The number of likely N-dealkylation sites (tertiary alicyclic amines) is 1. The maximum Gasteiger partial charge on any atom is 0.407 e. The van der Waals surface area contributed by atoms with Gasteiger partial charge >= 0.3 is 6.09 Å². The van der Waals surface area contributed by atoms with Gasteiger partial charge in [0.05, 0.1) is 21.3 Å². The molecule has 1 amide bonds. The number of terminal acetylenes is 1. The topological polar surface area (TPSA) is 69.6 Å². The highest BCUT2D eigenvalue weighted by atomic mass is 32.2. The van der Waals surface area contributed by atoms with Crippen LogP contribution in [0.4, 0.5) is 4.79 Å². The van der Waals surface area contributed by atoms with Gasteiger partial charge in [0, 0.05) is 19.5 Å². The molecule has 0 radical (unpaired) electrons. The molecule has 0 aromatic carbocycles. The minimum atomic E-state index is -1.25. The molecule has 17 heavy (non-hydrogen) atoms. The lowest BCUT2D eigenvalue weighted by atomic mass is 9.88. The summed E-state index contributed by atoms with van der Waals surface area (Å²) in [6, 6.07) is 0. The van der Waals surface area contributed by atoms with E-state index in [4.69, 9.17) is 11.5 Å². The molecule has 1 saturated heterocycles. The Labute approximate surface area is 104 Å². The monoisotopic (exact) mass is 258 g/mol. The van der Waals surface area contributed by atoms with Gasteiger partial charge in [0.25, 0.3) is 0 Å². The van der Waals surface area contributed by atoms with Crippen LogP contribution in [0.5, 0.6) is 0 Å². The molecule has 0 spiro atoms. The second-order valence-corrected chi connectivity index (χ2v) is 7.25. The van der Waals surface area contributed by atoms with E-state index in [1.54, 1.807) is 0 Å². The first-order valence-corrected chi connectivity index (χ1v) is 6.46. The van der Waals surface area contributed by atoms with Gasteiger partial charge in [-0.25, -0.2) is 13.7 Å². The van der Waals surface area contributed by atoms with Gasteiger partial charge in [-0.2, -0.15) is 0 Å². The van der Waals surface area contributed by atoms with Crippen LogP contribution in [0.2, 0.25) is 0 Å². The average molecular weight is 258 g/mol. The molecule has 0 saturated carbocycles. The summed E-state index contributed by atoms with van der Waals surface area (Å²) in [6.07, 6.45) is 4.68. The first-order chi connectivity index (χ1) is 7.70. The summed E-state index contributed by atoms with van der Waals surface area (Å²) >= 11 is 0. The maximum absolute atomic E-state index is 12.0. The quantitative estimate of drug-likeness (QED) is 0.735. The second kappa shape index (κ2) is 4.67. The Morgan fingerprint density at radius 3 is 2.47 bits per heavy atom. The SMILES string of the molecule is C#CCC1(NS(=O)C(C)(C)C)CN(C(=O)O)C1. The van der Waals surface area contributed by atoms with E-state index in [9.17, 15) is 9.00 Å². The molecule has 2 N–H and O–H groups in total. The molecule has 0 aliphatic carbocycles. The smallest absolute Gasteiger partial charge is 0.407 e. The Morgan fingerprint density at radius 1 is 1.59 bits per heavy atom. The van der Waals surface area contributed by atoms with Crippen molar-refractivity contribution in [3.05, 3.63) is 0 Å². The molecular weight excluding hydrogens is 240 g/mol. The molecule has 0 bridgehead atoms. The van der Waals surface area contributed by atoms with Crippen molar-refractivity contribution in [2.75, 3.05) is 13.1 Å². The molecule has 1 rings (SSSR count). The number of nitrogens with one attached hydrogen (secondary N) is 1. The number of rotatable bonds is 3. The largest absolute Gasteiger partial charge is 0.465 e. The Hall–Kier alpha value is -1.06. The predicted molar refractivity (Wildman–Crippen MR) is 66.8 cm³/mol. The molecule has 1 aliphatic rings. The van der Waals surface area contributed by atoms with Crippen molar-refractivity contribution in [2.45, 2.75) is 37.5 Å². The molecule has 1 aliphatic heterocycles. The molecule has 1 atom stereocenters. The number of nitrogens with zero attached hydrogens (tertiary/aromatic N) is 1. The van der Waals surface area contributed by atoms with E-state index < -0.39 is 27.4 Å². The van der Waals surface area contributed by atoms with Gasteiger partial charge in [-0.05, 0) is 20.8 Å². The van der Waals surface area contributed by atoms with Gasteiger partial charge in [0.1, 0.15) is 0 Å².